The third kappa shape index (κ3) is 5.48. The van der Waals surface area contributed by atoms with E-state index in [1.54, 1.807) is 12.8 Å². The molecule has 4 aliphatic rings. The maximum atomic E-state index is 3.16. The average Bonchev–Trinajstić information content (AvgIpc) is 2.72. The highest BCUT2D eigenvalue weighted by atomic mass is 127. The first kappa shape index (κ1) is 21.9. The molecule has 0 atom stereocenters. The third-order valence-electron chi connectivity index (χ3n) is 9.35. The van der Waals surface area contributed by atoms with Gasteiger partial charge in [-0.25, -0.2) is 0 Å². The van der Waals surface area contributed by atoms with Crippen LogP contribution in [0.2, 0.25) is 0 Å². The second kappa shape index (κ2) is 10.3. The molecule has 0 N–H and O–H groups in total. The van der Waals surface area contributed by atoms with Crippen molar-refractivity contribution in [2.45, 2.75) is 139 Å². The average molecular weight is 500 g/mol. The summed E-state index contributed by atoms with van der Waals surface area (Å²) in [5.74, 6) is 4.10. The standard InChI is InChI=1S/C26H46IN/c1-19-3-13-24(14-4-19)28(25-15-5-20(2)6-16-25)26-17-9-22(10-18-26)21-7-11-23(27)12-8-21/h19-26H,3-18H2,1-2H3. The van der Waals surface area contributed by atoms with Crippen LogP contribution in [0.1, 0.15) is 117 Å². The van der Waals surface area contributed by atoms with Gasteiger partial charge < -0.3 is 0 Å². The molecule has 4 rings (SSSR count). The number of hydrogen-bond acceptors (Lipinski definition) is 1. The summed E-state index contributed by atoms with van der Waals surface area (Å²) in [6.07, 6.45) is 24.1. The zero-order valence-corrected chi connectivity index (χ0v) is 20.9. The first-order valence-electron chi connectivity index (χ1n) is 13.0. The van der Waals surface area contributed by atoms with E-state index < -0.39 is 0 Å². The van der Waals surface area contributed by atoms with Crippen molar-refractivity contribution in [1.29, 1.82) is 0 Å². The van der Waals surface area contributed by atoms with Gasteiger partial charge in [0.25, 0.3) is 0 Å². The lowest BCUT2D eigenvalue weighted by Gasteiger charge is -2.50. The molecule has 162 valence electrons. The van der Waals surface area contributed by atoms with E-state index in [1.807, 2.05) is 0 Å². The quantitative estimate of drug-likeness (QED) is 0.280. The first-order valence-corrected chi connectivity index (χ1v) is 14.3. The van der Waals surface area contributed by atoms with Gasteiger partial charge in [-0.3, -0.25) is 4.90 Å². The molecule has 0 unspecified atom stereocenters. The van der Waals surface area contributed by atoms with Gasteiger partial charge in [-0.15, -0.1) is 0 Å². The van der Waals surface area contributed by atoms with Crippen LogP contribution in [0.4, 0.5) is 0 Å². The molecule has 0 aromatic rings. The summed E-state index contributed by atoms with van der Waals surface area (Å²) in [7, 11) is 0. The number of hydrogen-bond donors (Lipinski definition) is 0. The number of alkyl halides is 1. The minimum absolute atomic E-state index is 0.922. The zero-order valence-electron chi connectivity index (χ0n) is 18.8. The summed E-state index contributed by atoms with van der Waals surface area (Å²) >= 11 is 2.69. The molecule has 0 spiro atoms. The minimum Gasteiger partial charge on any atom is -0.294 e. The van der Waals surface area contributed by atoms with Crippen LogP contribution in [0.5, 0.6) is 0 Å². The number of nitrogens with zero attached hydrogens (tertiary/aromatic N) is 1. The van der Waals surface area contributed by atoms with Crippen molar-refractivity contribution in [3.63, 3.8) is 0 Å². The van der Waals surface area contributed by atoms with Crippen LogP contribution in [0.15, 0.2) is 0 Å². The fourth-order valence-electron chi connectivity index (χ4n) is 7.40. The van der Waals surface area contributed by atoms with Gasteiger partial charge >= 0.3 is 0 Å². The molecule has 4 saturated carbocycles. The maximum Gasteiger partial charge on any atom is 0.0110 e. The van der Waals surface area contributed by atoms with Gasteiger partial charge in [0.15, 0.2) is 0 Å². The Morgan fingerprint density at radius 3 is 1.18 bits per heavy atom. The van der Waals surface area contributed by atoms with Crippen LogP contribution in [-0.2, 0) is 0 Å². The molecule has 1 nitrogen and oxygen atoms in total. The Bertz CT molecular complexity index is 425. The van der Waals surface area contributed by atoms with E-state index in [-0.39, 0.29) is 0 Å². The topological polar surface area (TPSA) is 3.24 Å². The van der Waals surface area contributed by atoms with Crippen LogP contribution < -0.4 is 0 Å². The summed E-state index contributed by atoms with van der Waals surface area (Å²) in [4.78, 5) is 3.16. The largest absolute Gasteiger partial charge is 0.294 e. The van der Waals surface area contributed by atoms with Crippen LogP contribution in [-0.4, -0.2) is 27.0 Å². The van der Waals surface area contributed by atoms with Gasteiger partial charge in [0.2, 0.25) is 0 Å². The van der Waals surface area contributed by atoms with Crippen LogP contribution in [0.3, 0.4) is 0 Å². The van der Waals surface area contributed by atoms with Crippen molar-refractivity contribution >= 4 is 22.6 Å². The van der Waals surface area contributed by atoms with E-state index in [2.05, 4.69) is 41.3 Å². The Morgan fingerprint density at radius 2 is 0.786 bits per heavy atom. The number of rotatable bonds is 4. The highest BCUT2D eigenvalue weighted by molar-refractivity contribution is 14.1. The Hall–Kier alpha value is 0.690. The van der Waals surface area contributed by atoms with Crippen LogP contribution >= 0.6 is 22.6 Å². The van der Waals surface area contributed by atoms with Crippen molar-refractivity contribution in [3.05, 3.63) is 0 Å². The fourth-order valence-corrected chi connectivity index (χ4v) is 8.12. The summed E-state index contributed by atoms with van der Waals surface area (Å²) in [6, 6.07) is 2.77. The number of halogens is 1. The summed E-state index contributed by atoms with van der Waals surface area (Å²) < 4.78 is 0.975. The van der Waals surface area contributed by atoms with Gasteiger partial charge in [-0.1, -0.05) is 36.4 Å². The SMILES string of the molecule is CC1CCC(N(C2CCC(C)CC2)C2CCC(C3CCC(I)CC3)CC2)CC1. The summed E-state index contributed by atoms with van der Waals surface area (Å²) in [5.41, 5.74) is 0. The Balaban J connectivity index is 1.36. The second-order valence-electron chi connectivity index (χ2n) is 11.4. The van der Waals surface area contributed by atoms with E-state index in [0.29, 0.717) is 0 Å². The molecule has 28 heavy (non-hydrogen) atoms. The molecular weight excluding hydrogens is 453 g/mol. The Kier molecular flexibility index (Phi) is 8.08. The van der Waals surface area contributed by atoms with E-state index in [1.165, 1.54) is 89.9 Å². The van der Waals surface area contributed by atoms with Crippen molar-refractivity contribution in [2.75, 3.05) is 0 Å². The molecule has 2 heteroatoms. The molecule has 4 fully saturated rings. The second-order valence-corrected chi connectivity index (χ2v) is 13.1. The van der Waals surface area contributed by atoms with E-state index in [4.69, 9.17) is 0 Å². The van der Waals surface area contributed by atoms with Gasteiger partial charge in [-0.05, 0) is 126 Å². The lowest BCUT2D eigenvalue weighted by molar-refractivity contribution is 0.000375. The molecule has 0 saturated heterocycles. The molecule has 0 amide bonds. The lowest BCUT2D eigenvalue weighted by Crippen LogP contribution is -2.52. The minimum atomic E-state index is 0.922. The first-order chi connectivity index (χ1) is 13.6. The predicted octanol–water partition coefficient (Wildman–Crippen LogP) is 8.00. The van der Waals surface area contributed by atoms with Crippen molar-refractivity contribution in [2.24, 2.45) is 23.7 Å². The van der Waals surface area contributed by atoms with E-state index in [9.17, 15) is 0 Å². The van der Waals surface area contributed by atoms with Crippen molar-refractivity contribution < 1.29 is 0 Å². The molecule has 0 bridgehead atoms. The molecule has 0 aromatic carbocycles. The Morgan fingerprint density at radius 1 is 0.464 bits per heavy atom. The van der Waals surface area contributed by atoms with E-state index in [0.717, 1.165) is 45.7 Å². The van der Waals surface area contributed by atoms with Crippen LogP contribution in [0.25, 0.3) is 0 Å². The molecular formula is C26H46IN. The lowest BCUT2D eigenvalue weighted by atomic mass is 9.71. The third-order valence-corrected chi connectivity index (χ3v) is 10.6. The highest BCUT2D eigenvalue weighted by Gasteiger charge is 2.38. The smallest absolute Gasteiger partial charge is 0.0110 e. The fraction of sp³-hybridized carbons (Fsp3) is 1.00. The van der Waals surface area contributed by atoms with Gasteiger partial charge in [0.1, 0.15) is 0 Å². The maximum absolute atomic E-state index is 3.16. The van der Waals surface area contributed by atoms with Gasteiger partial charge in [0, 0.05) is 22.1 Å². The normalized spacial score (nSPS) is 45.9. The molecule has 0 radical (unpaired) electrons. The van der Waals surface area contributed by atoms with E-state index >= 15 is 0 Å². The van der Waals surface area contributed by atoms with Gasteiger partial charge in [-0.2, -0.15) is 0 Å². The predicted molar refractivity (Wildman–Crippen MR) is 130 cm³/mol. The van der Waals surface area contributed by atoms with Gasteiger partial charge in [0.05, 0.1) is 0 Å². The molecule has 0 aromatic heterocycles. The molecule has 0 aliphatic heterocycles. The summed E-state index contributed by atoms with van der Waals surface area (Å²) in [5, 5.41) is 0. The highest BCUT2D eigenvalue weighted by Crippen LogP contribution is 2.43. The van der Waals surface area contributed by atoms with Crippen molar-refractivity contribution in [1.82, 2.24) is 4.90 Å². The monoisotopic (exact) mass is 499 g/mol. The zero-order chi connectivity index (χ0) is 19.5. The molecule has 0 heterocycles. The summed E-state index contributed by atoms with van der Waals surface area (Å²) in [6.45, 7) is 4.97. The Labute approximate surface area is 189 Å². The molecule has 4 aliphatic carbocycles. The van der Waals surface area contributed by atoms with Crippen molar-refractivity contribution in [3.8, 4) is 0 Å². The van der Waals surface area contributed by atoms with Crippen LogP contribution in [0, 0.1) is 23.7 Å².